The van der Waals surface area contributed by atoms with Crippen LogP contribution in [-0.4, -0.2) is 59.1 Å². The van der Waals surface area contributed by atoms with Gasteiger partial charge in [0.2, 0.25) is 0 Å². The highest BCUT2D eigenvalue weighted by molar-refractivity contribution is 7.91. The summed E-state index contributed by atoms with van der Waals surface area (Å²) in [6.07, 6.45) is 0. The van der Waals surface area contributed by atoms with E-state index < -0.39 is 10.0 Å². The molecule has 0 radical (unpaired) electrons. The molecule has 1 aromatic heterocycles. The van der Waals surface area contributed by atoms with Crippen molar-refractivity contribution in [2.24, 2.45) is 0 Å². The summed E-state index contributed by atoms with van der Waals surface area (Å²) in [6.45, 7) is 1.47. The van der Waals surface area contributed by atoms with E-state index in [0.29, 0.717) is 45.9 Å². The third kappa shape index (κ3) is 5.97. The number of thiophene rings is 1. The third-order valence-corrected chi connectivity index (χ3v) is 10.1. The molecule has 0 bridgehead atoms. The first-order chi connectivity index (χ1) is 18.7. The number of nitrogens with zero attached hydrogens (tertiary/aromatic N) is 2. The highest BCUT2D eigenvalue weighted by atomic mass is 35.5. The van der Waals surface area contributed by atoms with Crippen LogP contribution < -0.4 is 10.1 Å². The van der Waals surface area contributed by atoms with E-state index >= 15 is 0 Å². The number of benzene rings is 3. The number of para-hydroxylation sites is 1. The normalized spacial score (nSPS) is 14.2. The van der Waals surface area contributed by atoms with Gasteiger partial charge in [-0.1, -0.05) is 29.8 Å². The Hall–Kier alpha value is -3.35. The second kappa shape index (κ2) is 11.4. The predicted octanol–water partition coefficient (Wildman–Crippen LogP) is 5.98. The van der Waals surface area contributed by atoms with Gasteiger partial charge < -0.3 is 25.2 Å². The fourth-order valence-electron chi connectivity index (χ4n) is 4.15. The van der Waals surface area contributed by atoms with Gasteiger partial charge in [0.15, 0.2) is 16.6 Å². The lowest BCUT2D eigenvalue weighted by Crippen LogP contribution is -2.51. The van der Waals surface area contributed by atoms with Crippen LogP contribution in [-0.2, 0) is 10.0 Å². The summed E-state index contributed by atoms with van der Waals surface area (Å²) >= 11 is 12.6. The molecule has 1 fully saturated rings. The molecular formula is C27H24ClN3O5S3. The minimum absolute atomic E-state index is 0.224. The number of phenols is 2. The van der Waals surface area contributed by atoms with Crippen LogP contribution in [0.2, 0.25) is 5.02 Å². The largest absolute Gasteiger partial charge is 0.504 e. The average Bonchev–Trinajstić information content (AvgIpc) is 3.43. The zero-order chi connectivity index (χ0) is 27.6. The van der Waals surface area contributed by atoms with Crippen LogP contribution in [0.4, 0.5) is 5.69 Å². The molecule has 0 aliphatic carbocycles. The van der Waals surface area contributed by atoms with Crippen molar-refractivity contribution in [1.82, 2.24) is 9.21 Å². The zero-order valence-electron chi connectivity index (χ0n) is 20.5. The van der Waals surface area contributed by atoms with E-state index in [2.05, 4.69) is 5.32 Å². The van der Waals surface area contributed by atoms with E-state index in [4.69, 9.17) is 28.6 Å². The predicted molar refractivity (Wildman–Crippen MR) is 158 cm³/mol. The Morgan fingerprint density at radius 1 is 0.923 bits per heavy atom. The van der Waals surface area contributed by atoms with Crippen LogP contribution in [0.3, 0.4) is 0 Å². The van der Waals surface area contributed by atoms with Gasteiger partial charge in [0, 0.05) is 54.1 Å². The molecule has 4 aromatic rings. The van der Waals surface area contributed by atoms with Crippen molar-refractivity contribution in [2.75, 3.05) is 31.5 Å². The molecule has 3 N–H and O–H groups in total. The summed E-state index contributed by atoms with van der Waals surface area (Å²) < 4.78 is 35.2. The van der Waals surface area contributed by atoms with Crippen molar-refractivity contribution < 1.29 is 23.4 Å². The summed E-state index contributed by atoms with van der Waals surface area (Å²) in [4.78, 5) is 1.95. The maximum Gasteiger partial charge on any atom is 0.253 e. The van der Waals surface area contributed by atoms with Crippen LogP contribution in [0, 0.1) is 0 Å². The molecule has 0 saturated carbocycles. The SMILES string of the molecule is O=S(=O)(c1sccc1-c1ccccc1Oc1ccc(O)c(O)c1)N1CCN(C(=S)Nc2ccc(Cl)cc2)CC1. The van der Waals surface area contributed by atoms with Gasteiger partial charge in [-0.05, 0) is 66.1 Å². The molecule has 1 saturated heterocycles. The first-order valence-corrected chi connectivity index (χ1v) is 15.0. The van der Waals surface area contributed by atoms with Gasteiger partial charge >= 0.3 is 0 Å². The van der Waals surface area contributed by atoms with Gasteiger partial charge in [-0.15, -0.1) is 11.3 Å². The van der Waals surface area contributed by atoms with E-state index in [0.717, 1.165) is 17.0 Å². The molecule has 0 spiro atoms. The van der Waals surface area contributed by atoms with Crippen LogP contribution in [0.5, 0.6) is 23.0 Å². The molecule has 1 aliphatic heterocycles. The lowest BCUT2D eigenvalue weighted by atomic mass is 10.1. The minimum Gasteiger partial charge on any atom is -0.504 e. The number of thiocarbonyl (C=S) groups is 1. The van der Waals surface area contributed by atoms with Gasteiger partial charge in [-0.3, -0.25) is 0 Å². The van der Waals surface area contributed by atoms with Crippen molar-refractivity contribution >= 4 is 56.0 Å². The molecule has 5 rings (SSSR count). The first-order valence-electron chi connectivity index (χ1n) is 11.9. The molecule has 1 aliphatic rings. The number of anilines is 1. The van der Waals surface area contributed by atoms with Gasteiger partial charge in [0.1, 0.15) is 15.7 Å². The maximum absolute atomic E-state index is 13.7. The molecule has 202 valence electrons. The smallest absolute Gasteiger partial charge is 0.253 e. The molecule has 3 aromatic carbocycles. The van der Waals surface area contributed by atoms with Crippen LogP contribution in [0.25, 0.3) is 11.1 Å². The molecule has 0 atom stereocenters. The van der Waals surface area contributed by atoms with Crippen molar-refractivity contribution in [1.29, 1.82) is 0 Å². The van der Waals surface area contributed by atoms with Crippen LogP contribution in [0.1, 0.15) is 0 Å². The summed E-state index contributed by atoms with van der Waals surface area (Å²) in [5.74, 6) is 0.145. The topological polar surface area (TPSA) is 102 Å². The van der Waals surface area contributed by atoms with Gasteiger partial charge in [-0.25, -0.2) is 8.42 Å². The fourth-order valence-corrected chi connectivity index (χ4v) is 7.51. The summed E-state index contributed by atoms with van der Waals surface area (Å²) in [6, 6.07) is 20.2. The second-order valence-corrected chi connectivity index (χ2v) is 12.6. The van der Waals surface area contributed by atoms with Crippen LogP contribution in [0.15, 0.2) is 82.4 Å². The Balaban J connectivity index is 1.32. The molecule has 2 heterocycles. The molecule has 8 nitrogen and oxygen atoms in total. The van der Waals surface area contributed by atoms with Crippen molar-refractivity contribution in [3.05, 3.63) is 83.2 Å². The van der Waals surface area contributed by atoms with Crippen LogP contribution >= 0.6 is 35.2 Å². The number of phenolic OH excluding ortho intramolecular Hbond substituents is 2. The molecule has 0 unspecified atom stereocenters. The quantitative estimate of drug-likeness (QED) is 0.183. The summed E-state index contributed by atoms with van der Waals surface area (Å²) in [7, 11) is -3.79. The number of halogens is 1. The van der Waals surface area contributed by atoms with Gasteiger partial charge in [0.25, 0.3) is 10.0 Å². The van der Waals surface area contributed by atoms with Crippen molar-refractivity contribution in [3.63, 3.8) is 0 Å². The third-order valence-electron chi connectivity index (χ3n) is 6.18. The Kier molecular flexibility index (Phi) is 7.96. The highest BCUT2D eigenvalue weighted by Crippen LogP contribution is 2.41. The van der Waals surface area contributed by atoms with E-state index in [1.54, 1.807) is 47.8 Å². The van der Waals surface area contributed by atoms with Crippen molar-refractivity contribution in [2.45, 2.75) is 4.21 Å². The van der Waals surface area contributed by atoms with E-state index in [-0.39, 0.29) is 28.8 Å². The van der Waals surface area contributed by atoms with E-state index in [1.807, 2.05) is 17.0 Å². The minimum atomic E-state index is -3.79. The Bertz CT molecular complexity index is 1600. The number of piperazine rings is 1. The number of ether oxygens (including phenoxy) is 1. The lowest BCUT2D eigenvalue weighted by molar-refractivity contribution is 0.269. The molecular weight excluding hydrogens is 578 g/mol. The zero-order valence-corrected chi connectivity index (χ0v) is 23.7. The van der Waals surface area contributed by atoms with E-state index in [1.165, 1.54) is 22.5 Å². The lowest BCUT2D eigenvalue weighted by Gasteiger charge is -2.35. The number of rotatable bonds is 6. The number of hydrogen-bond acceptors (Lipinski definition) is 7. The molecule has 0 amide bonds. The molecule has 39 heavy (non-hydrogen) atoms. The van der Waals surface area contributed by atoms with E-state index in [9.17, 15) is 18.6 Å². The second-order valence-electron chi connectivity index (χ2n) is 8.70. The fraction of sp³-hybridized carbons (Fsp3) is 0.148. The average molecular weight is 602 g/mol. The molecule has 12 heteroatoms. The number of hydrogen-bond donors (Lipinski definition) is 3. The number of aromatic hydroxyl groups is 2. The van der Waals surface area contributed by atoms with Crippen molar-refractivity contribution in [3.8, 4) is 34.1 Å². The Morgan fingerprint density at radius 3 is 2.36 bits per heavy atom. The van der Waals surface area contributed by atoms with Gasteiger partial charge in [-0.2, -0.15) is 4.31 Å². The Morgan fingerprint density at radius 2 is 1.64 bits per heavy atom. The first kappa shape index (κ1) is 27.2. The monoisotopic (exact) mass is 601 g/mol. The maximum atomic E-state index is 13.7. The number of sulfonamides is 1. The standard InChI is InChI=1S/C27H24ClN3O5S3/c28-18-5-7-19(8-6-18)29-27(37)30-12-14-31(15-13-30)39(34,35)26-22(11-16-38-26)21-3-1-2-4-25(21)36-20-9-10-23(32)24(33)17-20/h1-11,16-17,32-33H,12-15H2,(H,29,37). The Labute approximate surface area is 240 Å². The number of nitrogens with one attached hydrogen (secondary N) is 1. The summed E-state index contributed by atoms with van der Waals surface area (Å²) in [5, 5.41) is 25.5. The van der Waals surface area contributed by atoms with Gasteiger partial charge in [0.05, 0.1) is 0 Å². The highest BCUT2D eigenvalue weighted by Gasteiger charge is 2.32. The summed E-state index contributed by atoms with van der Waals surface area (Å²) in [5.41, 5.74) is 1.93.